The van der Waals surface area contributed by atoms with Gasteiger partial charge in [0.15, 0.2) is 0 Å². The van der Waals surface area contributed by atoms with E-state index in [9.17, 15) is 4.79 Å². The first-order valence-corrected chi connectivity index (χ1v) is 4.74. The van der Waals surface area contributed by atoms with E-state index in [0.717, 1.165) is 12.8 Å². The zero-order valence-electron chi connectivity index (χ0n) is 8.13. The largest absolute Gasteiger partial charge is 0.299 e. The molecular formula is C12H14O. The molecule has 1 heteroatoms. The third-order valence-electron chi connectivity index (χ3n) is 3.28. The van der Waals surface area contributed by atoms with Crippen molar-refractivity contribution in [2.45, 2.75) is 32.1 Å². The summed E-state index contributed by atoms with van der Waals surface area (Å²) >= 11 is 0. The molecule has 0 saturated carbocycles. The molecule has 0 fully saturated rings. The highest BCUT2D eigenvalue weighted by Crippen LogP contribution is 2.38. The Hall–Kier alpha value is -1.11. The Balaban J connectivity index is 2.55. The topological polar surface area (TPSA) is 17.1 Å². The average molecular weight is 174 g/mol. The van der Waals surface area contributed by atoms with Crippen LogP contribution in [0.4, 0.5) is 0 Å². The summed E-state index contributed by atoms with van der Waals surface area (Å²) in [6.45, 7) is 3.75. The van der Waals surface area contributed by atoms with Crippen molar-refractivity contribution in [3.63, 3.8) is 0 Å². The number of hydrogen-bond donors (Lipinski definition) is 0. The third-order valence-corrected chi connectivity index (χ3v) is 3.28. The fourth-order valence-corrected chi connectivity index (χ4v) is 2.16. The molecule has 1 nitrogen and oxygen atoms in total. The molecule has 1 aromatic carbocycles. The summed E-state index contributed by atoms with van der Waals surface area (Å²) in [7, 11) is 0. The molecule has 0 N–H and O–H groups in total. The fraction of sp³-hybridized carbons (Fsp3) is 0.417. The molecule has 0 radical (unpaired) electrons. The molecule has 1 unspecified atom stereocenters. The van der Waals surface area contributed by atoms with E-state index in [4.69, 9.17) is 0 Å². The number of Topliss-reactive ketones (excluding diaryl/α,β-unsaturated/α-hetero) is 1. The van der Waals surface area contributed by atoms with Crippen LogP contribution in [0.25, 0.3) is 0 Å². The Labute approximate surface area is 78.8 Å². The van der Waals surface area contributed by atoms with Crippen molar-refractivity contribution in [2.75, 3.05) is 0 Å². The number of aryl methyl sites for hydroxylation is 1. The van der Waals surface area contributed by atoms with Gasteiger partial charge >= 0.3 is 0 Å². The number of rotatable bonds is 1. The number of benzene rings is 1. The van der Waals surface area contributed by atoms with Crippen molar-refractivity contribution in [3.05, 3.63) is 35.4 Å². The number of hydrogen-bond acceptors (Lipinski definition) is 1. The number of fused-ring (bicyclic) bond motifs is 1. The fourth-order valence-electron chi connectivity index (χ4n) is 2.16. The van der Waals surface area contributed by atoms with Gasteiger partial charge in [-0.2, -0.15) is 0 Å². The minimum atomic E-state index is -0.212. The summed E-state index contributed by atoms with van der Waals surface area (Å²) in [6, 6.07) is 8.28. The molecule has 0 saturated heterocycles. The van der Waals surface area contributed by atoms with Crippen molar-refractivity contribution in [1.82, 2.24) is 0 Å². The summed E-state index contributed by atoms with van der Waals surface area (Å²) in [4.78, 5) is 11.5. The highest BCUT2D eigenvalue weighted by atomic mass is 16.1. The van der Waals surface area contributed by atoms with E-state index in [2.05, 4.69) is 19.1 Å². The van der Waals surface area contributed by atoms with Gasteiger partial charge in [-0.15, -0.1) is 0 Å². The minimum Gasteiger partial charge on any atom is -0.299 e. The van der Waals surface area contributed by atoms with Crippen LogP contribution in [-0.2, 0) is 16.6 Å². The maximum absolute atomic E-state index is 11.5. The van der Waals surface area contributed by atoms with Crippen molar-refractivity contribution < 1.29 is 4.79 Å². The van der Waals surface area contributed by atoms with Gasteiger partial charge in [0.1, 0.15) is 5.78 Å². The van der Waals surface area contributed by atoms with Crippen LogP contribution in [0.15, 0.2) is 24.3 Å². The SMILES string of the molecule is CC(=O)C1(C)CCc2ccccc21. The summed E-state index contributed by atoms with van der Waals surface area (Å²) in [5.41, 5.74) is 2.37. The number of carbonyl (C=O) groups is 1. The normalized spacial score (nSPS) is 25.7. The molecule has 0 spiro atoms. The van der Waals surface area contributed by atoms with E-state index in [1.54, 1.807) is 6.92 Å². The second kappa shape index (κ2) is 2.69. The van der Waals surface area contributed by atoms with Gasteiger partial charge in [-0.3, -0.25) is 4.79 Å². The monoisotopic (exact) mass is 174 g/mol. The average Bonchev–Trinajstić information content (AvgIpc) is 2.47. The van der Waals surface area contributed by atoms with Gasteiger partial charge in [-0.1, -0.05) is 24.3 Å². The van der Waals surface area contributed by atoms with Crippen LogP contribution in [0.1, 0.15) is 31.4 Å². The first-order valence-electron chi connectivity index (χ1n) is 4.74. The molecular weight excluding hydrogens is 160 g/mol. The van der Waals surface area contributed by atoms with E-state index in [1.165, 1.54) is 11.1 Å². The molecule has 0 aromatic heterocycles. The summed E-state index contributed by atoms with van der Waals surface area (Å²) in [5, 5.41) is 0. The second-order valence-corrected chi connectivity index (χ2v) is 4.05. The van der Waals surface area contributed by atoms with Gasteiger partial charge in [0, 0.05) is 0 Å². The van der Waals surface area contributed by atoms with Crippen LogP contribution < -0.4 is 0 Å². The Morgan fingerprint density at radius 2 is 2.08 bits per heavy atom. The maximum atomic E-state index is 11.5. The molecule has 1 aliphatic carbocycles. The van der Waals surface area contributed by atoms with Gasteiger partial charge in [-0.25, -0.2) is 0 Å². The lowest BCUT2D eigenvalue weighted by molar-refractivity contribution is -0.121. The highest BCUT2D eigenvalue weighted by molar-refractivity contribution is 5.88. The lowest BCUT2D eigenvalue weighted by Crippen LogP contribution is -2.27. The van der Waals surface area contributed by atoms with E-state index < -0.39 is 0 Å². The van der Waals surface area contributed by atoms with Gasteiger partial charge in [0.2, 0.25) is 0 Å². The van der Waals surface area contributed by atoms with Crippen LogP contribution in [0.2, 0.25) is 0 Å². The van der Waals surface area contributed by atoms with Gasteiger partial charge < -0.3 is 0 Å². The number of ketones is 1. The molecule has 0 amide bonds. The standard InChI is InChI=1S/C12H14O/c1-9(13)12(2)8-7-10-5-3-4-6-11(10)12/h3-6H,7-8H2,1-2H3. The van der Waals surface area contributed by atoms with Gasteiger partial charge in [0.05, 0.1) is 5.41 Å². The van der Waals surface area contributed by atoms with Crippen molar-refractivity contribution in [3.8, 4) is 0 Å². The quantitative estimate of drug-likeness (QED) is 0.639. The number of carbonyl (C=O) groups excluding carboxylic acids is 1. The van der Waals surface area contributed by atoms with Crippen molar-refractivity contribution in [2.24, 2.45) is 0 Å². The van der Waals surface area contributed by atoms with Crippen LogP contribution in [0.3, 0.4) is 0 Å². The molecule has 1 aromatic rings. The summed E-state index contributed by atoms with van der Waals surface area (Å²) < 4.78 is 0. The van der Waals surface area contributed by atoms with Crippen molar-refractivity contribution >= 4 is 5.78 Å². The predicted octanol–water partition coefficient (Wildman–Crippen LogP) is 2.48. The first-order chi connectivity index (χ1) is 6.14. The van der Waals surface area contributed by atoms with Gasteiger partial charge in [-0.05, 0) is 37.8 Å². The maximum Gasteiger partial charge on any atom is 0.140 e. The Bertz CT molecular complexity index is 354. The van der Waals surface area contributed by atoms with Crippen molar-refractivity contribution in [1.29, 1.82) is 0 Å². The highest BCUT2D eigenvalue weighted by Gasteiger charge is 2.37. The van der Waals surface area contributed by atoms with Crippen LogP contribution in [0.5, 0.6) is 0 Å². The molecule has 0 aliphatic heterocycles. The Kier molecular flexibility index (Phi) is 1.76. The van der Waals surface area contributed by atoms with Crippen LogP contribution in [-0.4, -0.2) is 5.78 Å². The Morgan fingerprint density at radius 1 is 1.38 bits per heavy atom. The summed E-state index contributed by atoms with van der Waals surface area (Å²) in [5.74, 6) is 0.289. The van der Waals surface area contributed by atoms with E-state index in [1.807, 2.05) is 12.1 Å². The van der Waals surface area contributed by atoms with Crippen LogP contribution >= 0.6 is 0 Å². The van der Waals surface area contributed by atoms with E-state index in [-0.39, 0.29) is 11.2 Å². The smallest absolute Gasteiger partial charge is 0.140 e. The molecule has 0 bridgehead atoms. The lowest BCUT2D eigenvalue weighted by Gasteiger charge is -2.21. The molecule has 68 valence electrons. The van der Waals surface area contributed by atoms with Gasteiger partial charge in [0.25, 0.3) is 0 Å². The van der Waals surface area contributed by atoms with Crippen LogP contribution in [0, 0.1) is 0 Å². The zero-order valence-corrected chi connectivity index (χ0v) is 8.13. The second-order valence-electron chi connectivity index (χ2n) is 4.05. The molecule has 1 atom stereocenters. The van der Waals surface area contributed by atoms with E-state index in [0.29, 0.717) is 0 Å². The molecule has 2 rings (SSSR count). The predicted molar refractivity (Wildman–Crippen MR) is 52.8 cm³/mol. The molecule has 13 heavy (non-hydrogen) atoms. The van der Waals surface area contributed by atoms with E-state index >= 15 is 0 Å². The first kappa shape index (κ1) is 8.49. The molecule has 0 heterocycles. The minimum absolute atomic E-state index is 0.212. The Morgan fingerprint density at radius 3 is 2.77 bits per heavy atom. The third kappa shape index (κ3) is 1.11. The molecule has 1 aliphatic rings. The lowest BCUT2D eigenvalue weighted by atomic mass is 9.81. The summed E-state index contributed by atoms with van der Waals surface area (Å²) in [6.07, 6.45) is 2.02. The zero-order chi connectivity index (χ0) is 9.47.